The van der Waals surface area contributed by atoms with E-state index in [0.717, 1.165) is 12.2 Å². The molecule has 1 aromatic carbocycles. The average molecular weight is 299 g/mol. The molecule has 1 fully saturated rings. The molecule has 20 heavy (non-hydrogen) atoms. The Labute approximate surface area is 123 Å². The summed E-state index contributed by atoms with van der Waals surface area (Å²) in [4.78, 5) is 0. The molecule has 1 aliphatic heterocycles. The van der Waals surface area contributed by atoms with Crippen molar-refractivity contribution in [3.8, 4) is 5.75 Å². The first-order valence-electron chi connectivity index (χ1n) is 6.41. The van der Waals surface area contributed by atoms with Gasteiger partial charge in [-0.3, -0.25) is 5.32 Å². The van der Waals surface area contributed by atoms with Crippen LogP contribution in [-0.2, 0) is 4.74 Å². The molecule has 3 N–H and O–H groups in total. The van der Waals surface area contributed by atoms with Crippen molar-refractivity contribution < 1.29 is 9.47 Å². The second-order valence-electron chi connectivity index (χ2n) is 5.30. The van der Waals surface area contributed by atoms with Gasteiger partial charge in [-0.2, -0.15) is 0 Å². The molecular formula is C13H19ClN4O2. The van der Waals surface area contributed by atoms with Gasteiger partial charge >= 0.3 is 0 Å². The predicted octanol–water partition coefficient (Wildman–Crippen LogP) is 2.49. The van der Waals surface area contributed by atoms with Crippen molar-refractivity contribution in [2.75, 3.05) is 6.61 Å². The molecule has 0 bridgehead atoms. The maximum Gasteiger partial charge on any atom is 0.226 e. The summed E-state index contributed by atoms with van der Waals surface area (Å²) in [5.74, 6) is 5.79. The largest absolute Gasteiger partial charge is 0.488 e. The Bertz CT molecular complexity index is 464. The Hall–Kier alpha value is -1.37. The molecule has 7 heteroatoms. The third-order valence-corrected chi connectivity index (χ3v) is 3.20. The van der Waals surface area contributed by atoms with E-state index in [9.17, 15) is 0 Å². The van der Waals surface area contributed by atoms with Crippen molar-refractivity contribution in [3.05, 3.63) is 29.3 Å². The van der Waals surface area contributed by atoms with E-state index in [4.69, 9.17) is 26.9 Å². The molecule has 0 spiro atoms. The van der Waals surface area contributed by atoms with Crippen LogP contribution in [0.15, 0.2) is 34.6 Å². The number of nitrogens with zero attached hydrogens (tertiary/aromatic N) is 2. The van der Waals surface area contributed by atoms with Crippen LogP contribution in [-0.4, -0.2) is 24.6 Å². The smallest absolute Gasteiger partial charge is 0.226 e. The molecular weight excluding hydrogens is 280 g/mol. The van der Waals surface area contributed by atoms with Gasteiger partial charge in [0.25, 0.3) is 0 Å². The number of halogens is 1. The minimum atomic E-state index is -0.462. The van der Waals surface area contributed by atoms with Gasteiger partial charge in [0.05, 0.1) is 6.61 Å². The molecule has 2 unspecified atom stereocenters. The Morgan fingerprint density at radius 1 is 1.45 bits per heavy atom. The van der Waals surface area contributed by atoms with Gasteiger partial charge in [-0.25, -0.2) is 0 Å². The van der Waals surface area contributed by atoms with E-state index in [2.05, 4.69) is 15.7 Å². The van der Waals surface area contributed by atoms with Crippen molar-refractivity contribution in [2.24, 2.45) is 16.2 Å². The molecule has 1 aromatic rings. The fourth-order valence-electron chi connectivity index (χ4n) is 2.21. The second-order valence-corrected chi connectivity index (χ2v) is 5.74. The van der Waals surface area contributed by atoms with Crippen LogP contribution < -0.4 is 15.9 Å². The molecule has 1 aliphatic rings. The highest BCUT2D eigenvalue weighted by molar-refractivity contribution is 6.30. The normalized spacial score (nSPS) is 23.4. The maximum absolute atomic E-state index is 5.98. The van der Waals surface area contributed by atoms with E-state index < -0.39 is 6.35 Å². The number of rotatable bonds is 5. The lowest BCUT2D eigenvalue weighted by atomic mass is 9.99. The number of ether oxygens (including phenoxy) is 2. The van der Waals surface area contributed by atoms with Crippen molar-refractivity contribution in [3.63, 3.8) is 0 Å². The minimum Gasteiger partial charge on any atom is -0.488 e. The van der Waals surface area contributed by atoms with Gasteiger partial charge in [-0.15, -0.1) is 5.11 Å². The highest BCUT2D eigenvalue weighted by atomic mass is 35.5. The van der Waals surface area contributed by atoms with Crippen LogP contribution in [0, 0.1) is 0 Å². The van der Waals surface area contributed by atoms with Crippen LogP contribution in [0.4, 0.5) is 0 Å². The molecule has 0 saturated carbocycles. The zero-order valence-electron chi connectivity index (χ0n) is 11.5. The number of hydrogen-bond donors (Lipinski definition) is 2. The van der Waals surface area contributed by atoms with Crippen LogP contribution in [0.5, 0.6) is 5.75 Å². The van der Waals surface area contributed by atoms with E-state index in [1.165, 1.54) is 0 Å². The van der Waals surface area contributed by atoms with Crippen molar-refractivity contribution in [1.29, 1.82) is 0 Å². The monoisotopic (exact) mass is 298 g/mol. The third kappa shape index (κ3) is 4.33. The summed E-state index contributed by atoms with van der Waals surface area (Å²) in [6.45, 7) is 4.61. The second kappa shape index (κ2) is 6.39. The van der Waals surface area contributed by atoms with E-state index >= 15 is 0 Å². The first-order chi connectivity index (χ1) is 9.48. The van der Waals surface area contributed by atoms with Crippen LogP contribution in [0.25, 0.3) is 0 Å². The van der Waals surface area contributed by atoms with Crippen molar-refractivity contribution in [2.45, 2.75) is 38.3 Å². The van der Waals surface area contributed by atoms with Gasteiger partial charge in [0, 0.05) is 17.5 Å². The molecule has 110 valence electrons. The fraction of sp³-hybridized carbons (Fsp3) is 0.538. The third-order valence-electron chi connectivity index (χ3n) is 2.95. The zero-order chi connectivity index (χ0) is 14.6. The highest BCUT2D eigenvalue weighted by Crippen LogP contribution is 2.25. The van der Waals surface area contributed by atoms with Gasteiger partial charge in [0.15, 0.2) is 0 Å². The van der Waals surface area contributed by atoms with Gasteiger partial charge in [0.1, 0.15) is 11.4 Å². The lowest BCUT2D eigenvalue weighted by Crippen LogP contribution is -2.39. The number of hydrogen-bond acceptors (Lipinski definition) is 5. The SMILES string of the molecule is CC(C)(CC1COC(N=NN)N1)Oc1ccc(Cl)cc1. The van der Waals surface area contributed by atoms with Crippen LogP contribution in [0.2, 0.25) is 5.02 Å². The first-order valence-corrected chi connectivity index (χ1v) is 6.78. The Morgan fingerprint density at radius 3 is 2.80 bits per heavy atom. The summed E-state index contributed by atoms with van der Waals surface area (Å²) < 4.78 is 11.4. The molecule has 0 radical (unpaired) electrons. The Balaban J connectivity index is 1.89. The van der Waals surface area contributed by atoms with Gasteiger partial charge in [-0.1, -0.05) is 16.8 Å². The van der Waals surface area contributed by atoms with Gasteiger partial charge < -0.3 is 15.3 Å². The summed E-state index contributed by atoms with van der Waals surface area (Å²) in [5, 5.41) is 10.8. The van der Waals surface area contributed by atoms with Crippen LogP contribution in [0.1, 0.15) is 20.3 Å². The summed E-state index contributed by atoms with van der Waals surface area (Å²) in [6, 6.07) is 7.47. The lowest BCUT2D eigenvalue weighted by molar-refractivity contribution is 0.0816. The van der Waals surface area contributed by atoms with E-state index in [-0.39, 0.29) is 11.6 Å². The first kappa shape index (κ1) is 15.0. The molecule has 0 aromatic heterocycles. The van der Waals surface area contributed by atoms with Crippen LogP contribution >= 0.6 is 11.6 Å². The van der Waals surface area contributed by atoms with Crippen molar-refractivity contribution in [1.82, 2.24) is 5.32 Å². The molecule has 1 saturated heterocycles. The summed E-state index contributed by atoms with van der Waals surface area (Å²) in [6.07, 6.45) is 0.308. The van der Waals surface area contributed by atoms with Crippen molar-refractivity contribution >= 4 is 11.6 Å². The zero-order valence-corrected chi connectivity index (χ0v) is 12.3. The quantitative estimate of drug-likeness (QED) is 0.497. The molecule has 0 amide bonds. The summed E-state index contributed by atoms with van der Waals surface area (Å²) in [5.41, 5.74) is -0.344. The van der Waals surface area contributed by atoms with E-state index in [1.807, 2.05) is 38.1 Å². The predicted molar refractivity (Wildman–Crippen MR) is 76.5 cm³/mol. The number of nitrogens with two attached hydrogens (primary N) is 1. The Morgan fingerprint density at radius 2 is 2.15 bits per heavy atom. The summed E-state index contributed by atoms with van der Waals surface area (Å²) >= 11 is 5.85. The van der Waals surface area contributed by atoms with Gasteiger partial charge in [0.2, 0.25) is 6.35 Å². The van der Waals surface area contributed by atoms with Crippen LogP contribution in [0.3, 0.4) is 0 Å². The molecule has 0 aliphatic carbocycles. The number of nitrogens with one attached hydrogen (secondary N) is 1. The maximum atomic E-state index is 5.98. The number of benzene rings is 1. The lowest BCUT2D eigenvalue weighted by Gasteiger charge is -2.29. The topological polar surface area (TPSA) is 81.2 Å². The molecule has 2 atom stereocenters. The average Bonchev–Trinajstić information content (AvgIpc) is 2.79. The van der Waals surface area contributed by atoms with E-state index in [1.54, 1.807) is 0 Å². The summed E-state index contributed by atoms with van der Waals surface area (Å²) in [7, 11) is 0. The fourth-order valence-corrected chi connectivity index (χ4v) is 2.33. The Kier molecular flexibility index (Phi) is 4.80. The standard InChI is InChI=1S/C13H19ClN4O2/c1-13(2,20-11-5-3-9(14)4-6-11)7-10-8-19-12(16-10)17-18-15/h3-6,10,12,16H,7-8H2,1-2H3,(H2,15,17). The molecule has 6 nitrogen and oxygen atoms in total. The van der Waals surface area contributed by atoms with E-state index in [0.29, 0.717) is 11.6 Å². The molecule has 1 heterocycles. The molecule has 2 rings (SSSR count). The highest BCUT2D eigenvalue weighted by Gasteiger charge is 2.31. The minimum absolute atomic E-state index is 0.146. The van der Waals surface area contributed by atoms with Gasteiger partial charge in [-0.05, 0) is 38.1 Å².